The summed E-state index contributed by atoms with van der Waals surface area (Å²) in [5.41, 5.74) is 7.39. The summed E-state index contributed by atoms with van der Waals surface area (Å²) in [6, 6.07) is 19.9. The van der Waals surface area contributed by atoms with Gasteiger partial charge in [-0.25, -0.2) is 0 Å². The molecule has 0 aliphatic carbocycles. The highest BCUT2D eigenvalue weighted by molar-refractivity contribution is 6.17. The van der Waals surface area contributed by atoms with Crippen molar-refractivity contribution in [2.75, 3.05) is 89.2 Å². The number of alkyl halides is 1. The third kappa shape index (κ3) is 14.1. The van der Waals surface area contributed by atoms with E-state index >= 15 is 0 Å². The molecule has 0 unspecified atom stereocenters. The second-order valence-corrected chi connectivity index (χ2v) is 8.39. The first-order chi connectivity index (χ1) is 16.3. The maximum atomic E-state index is 5.56. The van der Waals surface area contributed by atoms with Crippen LogP contribution < -0.4 is 11.1 Å². The molecule has 6 nitrogen and oxygen atoms in total. The Morgan fingerprint density at radius 1 is 0.727 bits per heavy atom. The highest BCUT2D eigenvalue weighted by Crippen LogP contribution is 2.05. The molecule has 7 heteroatoms. The minimum absolute atomic E-state index is 0.775. The van der Waals surface area contributed by atoms with Crippen molar-refractivity contribution in [1.82, 2.24) is 9.80 Å². The molecule has 0 amide bonds. The fourth-order valence-corrected chi connectivity index (χ4v) is 3.60. The minimum Gasteiger partial charge on any atom is -0.399 e. The predicted octanol–water partition coefficient (Wildman–Crippen LogP) is 4.04. The lowest BCUT2D eigenvalue weighted by Gasteiger charge is -2.26. The van der Waals surface area contributed by atoms with Crippen LogP contribution in [0.25, 0.3) is 0 Å². The zero-order valence-corrected chi connectivity index (χ0v) is 20.6. The summed E-state index contributed by atoms with van der Waals surface area (Å²) < 4.78 is 10.5. The van der Waals surface area contributed by atoms with Crippen LogP contribution in [0.2, 0.25) is 0 Å². The zero-order chi connectivity index (χ0) is 23.4. The second kappa shape index (κ2) is 18.6. The molecule has 2 fully saturated rings. The summed E-state index contributed by atoms with van der Waals surface area (Å²) in [6.45, 7) is 11.3. The van der Waals surface area contributed by atoms with Gasteiger partial charge in [-0.1, -0.05) is 36.4 Å². The summed E-state index contributed by atoms with van der Waals surface area (Å²) in [5.74, 6) is 0.775. The van der Waals surface area contributed by atoms with E-state index in [1.807, 2.05) is 36.4 Å². The van der Waals surface area contributed by atoms with Gasteiger partial charge in [-0.3, -0.25) is 9.80 Å². The molecule has 33 heavy (non-hydrogen) atoms. The van der Waals surface area contributed by atoms with Gasteiger partial charge in [-0.05, 0) is 50.2 Å². The van der Waals surface area contributed by atoms with Gasteiger partial charge in [-0.15, -0.1) is 11.6 Å². The number of nitrogen functional groups attached to an aromatic ring is 1. The van der Waals surface area contributed by atoms with Gasteiger partial charge in [0.05, 0.1) is 26.4 Å². The molecule has 2 heterocycles. The maximum Gasteiger partial charge on any atom is 0.0594 e. The fraction of sp³-hybridized carbons (Fsp3) is 0.538. The van der Waals surface area contributed by atoms with E-state index in [9.17, 15) is 0 Å². The number of nitrogens with zero attached hydrogens (tertiary/aromatic N) is 2. The molecule has 3 N–H and O–H groups in total. The van der Waals surface area contributed by atoms with Crippen LogP contribution >= 0.6 is 11.6 Å². The molecule has 184 valence electrons. The van der Waals surface area contributed by atoms with E-state index in [4.69, 9.17) is 26.8 Å². The molecule has 2 saturated heterocycles. The molecule has 0 bridgehead atoms. The van der Waals surface area contributed by atoms with Crippen LogP contribution in [0.1, 0.15) is 12.8 Å². The molecular weight excluding hydrogens is 436 g/mol. The largest absolute Gasteiger partial charge is 0.399 e. The van der Waals surface area contributed by atoms with Gasteiger partial charge >= 0.3 is 0 Å². The summed E-state index contributed by atoms with van der Waals surface area (Å²) in [6.07, 6.45) is 2.29. The Bertz CT molecular complexity index is 681. The number of anilines is 2. The fourth-order valence-electron chi connectivity index (χ4n) is 3.48. The van der Waals surface area contributed by atoms with Gasteiger partial charge in [0.15, 0.2) is 0 Å². The molecule has 4 rings (SSSR count). The van der Waals surface area contributed by atoms with Gasteiger partial charge < -0.3 is 20.5 Å². The van der Waals surface area contributed by atoms with Crippen molar-refractivity contribution < 1.29 is 9.47 Å². The van der Waals surface area contributed by atoms with Gasteiger partial charge in [0, 0.05) is 50.0 Å². The number of benzene rings is 2. The number of ether oxygens (including phenoxy) is 2. The Morgan fingerprint density at radius 2 is 1.21 bits per heavy atom. The third-order valence-electron chi connectivity index (χ3n) is 5.37. The summed E-state index contributed by atoms with van der Waals surface area (Å²) in [5, 5.41) is 3.43. The number of rotatable bonds is 8. The Hall–Kier alpha value is -1.83. The van der Waals surface area contributed by atoms with Crippen molar-refractivity contribution in [3.05, 3.63) is 60.7 Å². The number of para-hydroxylation sites is 2. The number of nitrogens with one attached hydrogen (secondary N) is 1. The van der Waals surface area contributed by atoms with E-state index in [2.05, 4.69) is 39.4 Å². The van der Waals surface area contributed by atoms with Crippen LogP contribution in [0.15, 0.2) is 60.7 Å². The first kappa shape index (κ1) is 27.4. The first-order valence-corrected chi connectivity index (χ1v) is 12.6. The lowest BCUT2D eigenvalue weighted by atomic mass is 10.3. The SMILES string of the molecule is ClCCCN1CCOCC1.Nc1ccccc1.c1ccc(NCCCN2CCOCC2)cc1. The molecule has 0 saturated carbocycles. The van der Waals surface area contributed by atoms with Gasteiger partial charge in [0.25, 0.3) is 0 Å². The van der Waals surface area contributed by atoms with Gasteiger partial charge in [0.2, 0.25) is 0 Å². The highest BCUT2D eigenvalue weighted by Gasteiger charge is 2.09. The summed E-state index contributed by atoms with van der Waals surface area (Å²) in [4.78, 5) is 4.86. The van der Waals surface area contributed by atoms with Crippen LogP contribution in [0.5, 0.6) is 0 Å². The maximum absolute atomic E-state index is 5.56. The molecule has 2 aliphatic heterocycles. The Labute approximate surface area is 205 Å². The summed E-state index contributed by atoms with van der Waals surface area (Å²) >= 11 is 5.56. The number of hydrogen-bond donors (Lipinski definition) is 2. The number of halogens is 1. The molecule has 0 radical (unpaired) electrons. The Kier molecular flexibility index (Phi) is 15.4. The van der Waals surface area contributed by atoms with Crippen molar-refractivity contribution in [2.24, 2.45) is 0 Å². The third-order valence-corrected chi connectivity index (χ3v) is 5.64. The smallest absolute Gasteiger partial charge is 0.0594 e. The molecule has 0 spiro atoms. The van der Waals surface area contributed by atoms with E-state index in [1.54, 1.807) is 0 Å². The van der Waals surface area contributed by atoms with Crippen molar-refractivity contribution in [3.8, 4) is 0 Å². The van der Waals surface area contributed by atoms with Crippen LogP contribution in [0, 0.1) is 0 Å². The van der Waals surface area contributed by atoms with Gasteiger partial charge in [0.1, 0.15) is 0 Å². The van der Waals surface area contributed by atoms with Crippen LogP contribution in [0.3, 0.4) is 0 Å². The van der Waals surface area contributed by atoms with Gasteiger partial charge in [-0.2, -0.15) is 0 Å². The quantitative estimate of drug-likeness (QED) is 0.340. The first-order valence-electron chi connectivity index (χ1n) is 12.0. The lowest BCUT2D eigenvalue weighted by molar-refractivity contribution is 0.0378. The molecule has 2 aromatic carbocycles. The van der Waals surface area contributed by atoms with E-state index in [0.29, 0.717) is 0 Å². The number of nitrogens with two attached hydrogens (primary N) is 1. The monoisotopic (exact) mass is 476 g/mol. The van der Waals surface area contributed by atoms with Crippen LogP contribution in [-0.2, 0) is 9.47 Å². The lowest BCUT2D eigenvalue weighted by Crippen LogP contribution is -2.37. The Balaban J connectivity index is 0.000000193. The van der Waals surface area contributed by atoms with Crippen molar-refractivity contribution in [2.45, 2.75) is 12.8 Å². The van der Waals surface area contributed by atoms with E-state index in [-0.39, 0.29) is 0 Å². The highest BCUT2D eigenvalue weighted by atomic mass is 35.5. The van der Waals surface area contributed by atoms with E-state index in [1.165, 1.54) is 18.7 Å². The average Bonchev–Trinajstić information content (AvgIpc) is 2.88. The average molecular weight is 477 g/mol. The topological polar surface area (TPSA) is 63.0 Å². The van der Waals surface area contributed by atoms with Crippen molar-refractivity contribution in [1.29, 1.82) is 0 Å². The predicted molar refractivity (Wildman–Crippen MR) is 140 cm³/mol. The zero-order valence-electron chi connectivity index (χ0n) is 19.8. The van der Waals surface area contributed by atoms with E-state index < -0.39 is 0 Å². The molecule has 2 aliphatic rings. The van der Waals surface area contributed by atoms with E-state index in [0.717, 1.165) is 83.7 Å². The molecular formula is C26H41ClN4O2. The van der Waals surface area contributed by atoms with Crippen molar-refractivity contribution in [3.63, 3.8) is 0 Å². The number of morpholine rings is 2. The molecule has 0 atom stereocenters. The standard InChI is InChI=1S/C13H20N2O.C7H14ClNO.C6H7N/c1-2-5-13(6-3-1)14-7-4-8-15-9-11-16-12-10-15;8-2-1-3-9-4-6-10-7-5-9;7-6-4-2-1-3-5-6/h1-3,5-6,14H,4,7-12H2;1-7H2;1-5H,7H2. The second-order valence-electron chi connectivity index (χ2n) is 8.01. The minimum atomic E-state index is 0.775. The normalized spacial score (nSPS) is 16.6. The molecule has 0 aromatic heterocycles. The Morgan fingerprint density at radius 3 is 1.67 bits per heavy atom. The number of hydrogen-bond acceptors (Lipinski definition) is 6. The van der Waals surface area contributed by atoms with Crippen LogP contribution in [0.4, 0.5) is 11.4 Å². The van der Waals surface area contributed by atoms with Crippen molar-refractivity contribution >= 4 is 23.0 Å². The molecule has 2 aromatic rings. The summed E-state index contributed by atoms with van der Waals surface area (Å²) in [7, 11) is 0. The van der Waals surface area contributed by atoms with Crippen LogP contribution in [-0.4, -0.2) is 87.9 Å².